The van der Waals surface area contributed by atoms with E-state index in [2.05, 4.69) is 39.9 Å². The molecule has 0 spiro atoms. The smallest absolute Gasteiger partial charge is 0.195 e. The van der Waals surface area contributed by atoms with E-state index in [1.165, 1.54) is 11.1 Å². The van der Waals surface area contributed by atoms with Gasteiger partial charge in [0.2, 0.25) is 0 Å². The number of methoxy groups -OCH3 is 2. The van der Waals surface area contributed by atoms with E-state index in [0.717, 1.165) is 12.3 Å². The maximum Gasteiger partial charge on any atom is 0.195 e. The summed E-state index contributed by atoms with van der Waals surface area (Å²) in [6.07, 6.45) is 0. The topological polar surface area (TPSA) is 64.1 Å². The van der Waals surface area contributed by atoms with E-state index in [0.29, 0.717) is 30.6 Å². The van der Waals surface area contributed by atoms with Crippen molar-refractivity contribution < 1.29 is 14.2 Å². The van der Waals surface area contributed by atoms with Crippen molar-refractivity contribution in [2.45, 2.75) is 20.1 Å². The zero-order valence-electron chi connectivity index (χ0n) is 15.8. The van der Waals surface area contributed by atoms with E-state index in [1.54, 1.807) is 21.3 Å². The fourth-order valence-corrected chi connectivity index (χ4v) is 2.39. The van der Waals surface area contributed by atoms with Crippen molar-refractivity contribution in [1.82, 2.24) is 5.32 Å². The third kappa shape index (κ3) is 5.67. The molecule has 2 N–H and O–H groups in total. The lowest BCUT2D eigenvalue weighted by Crippen LogP contribution is -2.30. The molecule has 0 aliphatic heterocycles. The van der Waals surface area contributed by atoms with E-state index in [1.807, 2.05) is 25.1 Å². The van der Waals surface area contributed by atoms with Gasteiger partial charge in [-0.15, -0.1) is 0 Å². The number of hydrogen-bond donors (Lipinski definition) is 2. The number of benzene rings is 2. The van der Waals surface area contributed by atoms with E-state index in [9.17, 15) is 0 Å². The molecule has 0 aliphatic rings. The zero-order chi connectivity index (χ0) is 18.8. The first kappa shape index (κ1) is 19.6. The highest BCUT2D eigenvalue weighted by molar-refractivity contribution is 5.93. The minimum absolute atomic E-state index is 0.646. The van der Waals surface area contributed by atoms with Crippen LogP contribution in [0.5, 0.6) is 11.5 Å². The Morgan fingerprint density at radius 3 is 2.27 bits per heavy atom. The third-order valence-corrected chi connectivity index (χ3v) is 3.83. The largest absolute Gasteiger partial charge is 0.493 e. The van der Waals surface area contributed by atoms with E-state index in [-0.39, 0.29) is 0 Å². The molecule has 6 heteroatoms. The van der Waals surface area contributed by atoms with Crippen molar-refractivity contribution in [3.05, 3.63) is 53.6 Å². The molecule has 0 radical (unpaired) electrons. The lowest BCUT2D eigenvalue weighted by Gasteiger charge is -2.14. The Bertz CT molecular complexity index is 715. The standard InChI is InChI=1S/C20H27N3O3/c1-5-26-14-16-8-6-15(7-9-16)13-22-20(21-2)23-17-10-11-18(24-3)19(12-17)25-4/h6-12H,5,13-14H2,1-4H3,(H2,21,22,23). The minimum Gasteiger partial charge on any atom is -0.493 e. The van der Waals surface area contributed by atoms with E-state index in [4.69, 9.17) is 14.2 Å². The molecule has 0 heterocycles. The summed E-state index contributed by atoms with van der Waals surface area (Å²) in [5.41, 5.74) is 3.20. The van der Waals surface area contributed by atoms with Crippen LogP contribution in [0.4, 0.5) is 5.69 Å². The van der Waals surface area contributed by atoms with Gasteiger partial charge in [0, 0.05) is 32.0 Å². The van der Waals surface area contributed by atoms with Crippen LogP contribution in [0.2, 0.25) is 0 Å². The molecule has 0 aliphatic carbocycles. The molecule has 0 atom stereocenters. The monoisotopic (exact) mass is 357 g/mol. The quantitative estimate of drug-likeness (QED) is 0.560. The predicted octanol–water partition coefficient (Wildman–Crippen LogP) is 3.43. The lowest BCUT2D eigenvalue weighted by molar-refractivity contribution is 0.134. The van der Waals surface area contributed by atoms with Crippen LogP contribution in [0.3, 0.4) is 0 Å². The molecule has 0 saturated carbocycles. The molecule has 0 saturated heterocycles. The van der Waals surface area contributed by atoms with Gasteiger partial charge in [0.05, 0.1) is 20.8 Å². The summed E-state index contributed by atoms with van der Waals surface area (Å²) in [6.45, 7) is 4.03. The first-order valence-corrected chi connectivity index (χ1v) is 8.55. The number of hydrogen-bond acceptors (Lipinski definition) is 4. The van der Waals surface area contributed by atoms with Crippen LogP contribution in [0, 0.1) is 0 Å². The molecular weight excluding hydrogens is 330 g/mol. The molecule has 0 unspecified atom stereocenters. The van der Waals surface area contributed by atoms with Gasteiger partial charge in [0.25, 0.3) is 0 Å². The maximum absolute atomic E-state index is 5.41. The minimum atomic E-state index is 0.646. The molecule has 0 aromatic heterocycles. The number of anilines is 1. The molecule has 26 heavy (non-hydrogen) atoms. The Morgan fingerprint density at radius 1 is 0.962 bits per heavy atom. The highest BCUT2D eigenvalue weighted by atomic mass is 16.5. The van der Waals surface area contributed by atoms with Crippen LogP contribution in [0.1, 0.15) is 18.1 Å². The van der Waals surface area contributed by atoms with Crippen molar-refractivity contribution in [3.8, 4) is 11.5 Å². The first-order chi connectivity index (χ1) is 12.7. The van der Waals surface area contributed by atoms with E-state index < -0.39 is 0 Å². The molecule has 2 aromatic rings. The Kier molecular flexibility index (Phi) is 7.76. The van der Waals surface area contributed by atoms with Gasteiger partial charge in [-0.3, -0.25) is 4.99 Å². The van der Waals surface area contributed by atoms with Gasteiger partial charge in [0.15, 0.2) is 17.5 Å². The molecule has 6 nitrogen and oxygen atoms in total. The fourth-order valence-electron chi connectivity index (χ4n) is 2.39. The number of ether oxygens (including phenoxy) is 3. The van der Waals surface area contributed by atoms with Gasteiger partial charge >= 0.3 is 0 Å². The van der Waals surface area contributed by atoms with Gasteiger partial charge in [-0.05, 0) is 30.2 Å². The maximum atomic E-state index is 5.41. The van der Waals surface area contributed by atoms with Gasteiger partial charge in [0.1, 0.15) is 0 Å². The second-order valence-corrected chi connectivity index (χ2v) is 5.57. The van der Waals surface area contributed by atoms with Crippen LogP contribution in [0.25, 0.3) is 0 Å². The Balaban J connectivity index is 1.93. The number of rotatable bonds is 8. The average Bonchev–Trinajstić information content (AvgIpc) is 2.70. The molecule has 0 amide bonds. The summed E-state index contributed by atoms with van der Waals surface area (Å²) in [6, 6.07) is 14.0. The summed E-state index contributed by atoms with van der Waals surface area (Å²) in [5, 5.41) is 6.55. The van der Waals surface area contributed by atoms with Crippen LogP contribution in [-0.4, -0.2) is 33.8 Å². The van der Waals surface area contributed by atoms with Gasteiger partial charge in [-0.25, -0.2) is 0 Å². The van der Waals surface area contributed by atoms with Crippen molar-refractivity contribution in [3.63, 3.8) is 0 Å². The summed E-state index contributed by atoms with van der Waals surface area (Å²) in [7, 11) is 4.97. The number of nitrogens with one attached hydrogen (secondary N) is 2. The summed E-state index contributed by atoms with van der Waals surface area (Å²) in [4.78, 5) is 4.26. The second-order valence-electron chi connectivity index (χ2n) is 5.57. The number of aliphatic imine (C=N–C) groups is 1. The van der Waals surface area contributed by atoms with Crippen LogP contribution in [-0.2, 0) is 17.9 Å². The van der Waals surface area contributed by atoms with Crippen molar-refractivity contribution >= 4 is 11.6 Å². The van der Waals surface area contributed by atoms with Gasteiger partial charge in [-0.1, -0.05) is 24.3 Å². The second kappa shape index (κ2) is 10.3. The summed E-state index contributed by atoms with van der Waals surface area (Å²) in [5.74, 6) is 2.03. The molecule has 0 fully saturated rings. The average molecular weight is 357 g/mol. The normalized spacial score (nSPS) is 11.2. The zero-order valence-corrected chi connectivity index (χ0v) is 15.8. The van der Waals surface area contributed by atoms with Crippen molar-refractivity contribution in [2.24, 2.45) is 4.99 Å². The van der Waals surface area contributed by atoms with Crippen LogP contribution in [0.15, 0.2) is 47.5 Å². The summed E-state index contributed by atoms with van der Waals surface area (Å²) < 4.78 is 16.0. The Morgan fingerprint density at radius 2 is 1.65 bits per heavy atom. The number of nitrogens with zero attached hydrogens (tertiary/aromatic N) is 1. The highest BCUT2D eigenvalue weighted by Crippen LogP contribution is 2.29. The first-order valence-electron chi connectivity index (χ1n) is 8.55. The fraction of sp³-hybridized carbons (Fsp3) is 0.350. The molecule has 0 bridgehead atoms. The SMILES string of the molecule is CCOCc1ccc(CNC(=NC)Nc2ccc(OC)c(OC)c2)cc1. The lowest BCUT2D eigenvalue weighted by atomic mass is 10.1. The molecular formula is C20H27N3O3. The predicted molar refractivity (Wildman–Crippen MR) is 105 cm³/mol. The van der Waals surface area contributed by atoms with Gasteiger partial charge in [-0.2, -0.15) is 0 Å². The van der Waals surface area contributed by atoms with Crippen molar-refractivity contribution in [2.75, 3.05) is 33.2 Å². The van der Waals surface area contributed by atoms with Crippen LogP contribution >= 0.6 is 0 Å². The Hall–Kier alpha value is -2.73. The molecule has 140 valence electrons. The number of guanidine groups is 1. The van der Waals surface area contributed by atoms with Crippen molar-refractivity contribution in [1.29, 1.82) is 0 Å². The van der Waals surface area contributed by atoms with Crippen LogP contribution < -0.4 is 20.1 Å². The molecule has 2 aromatic carbocycles. The Labute approximate surface area is 155 Å². The van der Waals surface area contributed by atoms with Gasteiger partial charge < -0.3 is 24.8 Å². The highest BCUT2D eigenvalue weighted by Gasteiger charge is 2.06. The van der Waals surface area contributed by atoms with E-state index >= 15 is 0 Å². The third-order valence-electron chi connectivity index (χ3n) is 3.83. The molecule has 2 rings (SSSR count). The summed E-state index contributed by atoms with van der Waals surface area (Å²) >= 11 is 0.